The first-order chi connectivity index (χ1) is 21.7. The van der Waals surface area contributed by atoms with Crippen molar-refractivity contribution < 1.29 is 22.7 Å². The first kappa shape index (κ1) is 30.6. The summed E-state index contributed by atoms with van der Waals surface area (Å²) in [5, 5.41) is 1.06. The van der Waals surface area contributed by atoms with Gasteiger partial charge in [0.25, 0.3) is 5.91 Å². The number of pyridine rings is 1. The minimum absolute atomic E-state index is 0.0455. The number of anilines is 1. The number of nitrogens with zero attached hydrogens (tertiary/aromatic N) is 7. The van der Waals surface area contributed by atoms with Crippen molar-refractivity contribution in [3.8, 4) is 17.3 Å². The van der Waals surface area contributed by atoms with Gasteiger partial charge in [-0.25, -0.2) is 19.7 Å². The summed E-state index contributed by atoms with van der Waals surface area (Å²) in [5.41, 5.74) is 0.153. The van der Waals surface area contributed by atoms with Crippen molar-refractivity contribution in [2.24, 2.45) is 0 Å². The molecule has 0 bridgehead atoms. The molecule has 13 heteroatoms. The zero-order chi connectivity index (χ0) is 31.8. The van der Waals surface area contributed by atoms with Crippen molar-refractivity contribution in [1.29, 1.82) is 0 Å². The number of halogens is 4. The Morgan fingerprint density at radius 1 is 1.18 bits per heavy atom. The molecule has 2 saturated heterocycles. The van der Waals surface area contributed by atoms with Gasteiger partial charge in [0, 0.05) is 49.4 Å². The number of piperazine rings is 1. The molecule has 2 atom stereocenters. The lowest BCUT2D eigenvalue weighted by molar-refractivity contribution is -0.131. The van der Waals surface area contributed by atoms with Gasteiger partial charge in [0.15, 0.2) is 11.6 Å². The van der Waals surface area contributed by atoms with E-state index in [-0.39, 0.29) is 59.9 Å². The molecular formula is C32H29ClF3N7O2. The van der Waals surface area contributed by atoms with Crippen LogP contribution in [0.15, 0.2) is 48.9 Å². The molecule has 0 aliphatic carbocycles. The molecule has 0 saturated carbocycles. The SMILES string of the molecule is [C-]#[N+]C[C@H]1CN(c2nc(OC[C@@H]3CCN3CC)nc3c(F)c(-c4cccc5ccc(F)c(Cl)c45)ncc23)CCN1C(=O)C(=C)F. The van der Waals surface area contributed by atoms with Gasteiger partial charge in [-0.05, 0) is 24.4 Å². The van der Waals surface area contributed by atoms with Crippen molar-refractivity contribution in [3.05, 3.63) is 77.0 Å². The summed E-state index contributed by atoms with van der Waals surface area (Å²) in [4.78, 5) is 34.8. The van der Waals surface area contributed by atoms with Crippen LogP contribution in [0.1, 0.15) is 13.3 Å². The number of rotatable bonds is 8. The molecule has 2 aromatic heterocycles. The summed E-state index contributed by atoms with van der Waals surface area (Å²) in [6.45, 7) is 15.1. The molecule has 2 aliphatic rings. The van der Waals surface area contributed by atoms with Crippen LogP contribution in [0, 0.1) is 18.2 Å². The van der Waals surface area contributed by atoms with E-state index in [1.54, 1.807) is 29.2 Å². The van der Waals surface area contributed by atoms with Gasteiger partial charge >= 0.3 is 6.01 Å². The van der Waals surface area contributed by atoms with E-state index in [0.717, 1.165) is 19.5 Å². The lowest BCUT2D eigenvalue weighted by Crippen LogP contribution is -2.56. The first-order valence-corrected chi connectivity index (χ1v) is 14.9. The van der Waals surface area contributed by atoms with E-state index >= 15 is 4.39 Å². The van der Waals surface area contributed by atoms with Crippen LogP contribution < -0.4 is 9.64 Å². The Morgan fingerprint density at radius 2 is 2.00 bits per heavy atom. The maximum absolute atomic E-state index is 16.6. The van der Waals surface area contributed by atoms with E-state index in [1.165, 1.54) is 17.2 Å². The molecule has 9 nitrogen and oxygen atoms in total. The van der Waals surface area contributed by atoms with Crippen molar-refractivity contribution in [3.63, 3.8) is 0 Å². The summed E-state index contributed by atoms with van der Waals surface area (Å²) < 4.78 is 50.9. The predicted octanol–water partition coefficient (Wildman–Crippen LogP) is 5.67. The highest BCUT2D eigenvalue weighted by atomic mass is 35.5. The highest BCUT2D eigenvalue weighted by Crippen LogP contribution is 2.38. The molecule has 0 unspecified atom stereocenters. The molecule has 0 spiro atoms. The zero-order valence-electron chi connectivity index (χ0n) is 24.4. The number of aromatic nitrogens is 3. The molecule has 45 heavy (non-hydrogen) atoms. The zero-order valence-corrected chi connectivity index (χ0v) is 25.2. The quantitative estimate of drug-likeness (QED) is 0.182. The van der Waals surface area contributed by atoms with E-state index in [0.29, 0.717) is 28.8 Å². The average Bonchev–Trinajstić information content (AvgIpc) is 3.02. The number of amides is 1. The molecule has 6 rings (SSSR count). The third-order valence-corrected chi connectivity index (χ3v) is 8.86. The van der Waals surface area contributed by atoms with Crippen LogP contribution in [-0.2, 0) is 4.79 Å². The van der Waals surface area contributed by atoms with Gasteiger partial charge in [0.2, 0.25) is 6.54 Å². The Morgan fingerprint density at radius 3 is 2.71 bits per heavy atom. The smallest absolute Gasteiger partial charge is 0.319 e. The molecule has 1 amide bonds. The number of carbonyl (C=O) groups excluding carboxylic acids is 1. The summed E-state index contributed by atoms with van der Waals surface area (Å²) in [6, 6.07) is 7.35. The van der Waals surface area contributed by atoms with Gasteiger partial charge in [-0.1, -0.05) is 49.4 Å². The molecule has 0 radical (unpaired) electrons. The predicted molar refractivity (Wildman–Crippen MR) is 166 cm³/mol. The van der Waals surface area contributed by atoms with E-state index in [4.69, 9.17) is 22.9 Å². The number of ether oxygens (including phenoxy) is 1. The third kappa shape index (κ3) is 5.62. The fraction of sp³-hybridized carbons (Fsp3) is 0.344. The number of likely N-dealkylation sites (tertiary alicyclic amines) is 1. The highest BCUT2D eigenvalue weighted by molar-refractivity contribution is 6.36. The maximum Gasteiger partial charge on any atom is 0.319 e. The van der Waals surface area contributed by atoms with Gasteiger partial charge in [-0.2, -0.15) is 9.97 Å². The van der Waals surface area contributed by atoms with E-state index in [1.807, 2.05) is 0 Å². The van der Waals surface area contributed by atoms with Crippen LogP contribution in [0.2, 0.25) is 5.02 Å². The Kier molecular flexibility index (Phi) is 8.48. The van der Waals surface area contributed by atoms with Crippen molar-refractivity contribution in [2.45, 2.75) is 25.4 Å². The molecule has 4 heterocycles. The van der Waals surface area contributed by atoms with Crippen molar-refractivity contribution in [2.75, 3.05) is 50.8 Å². The first-order valence-electron chi connectivity index (χ1n) is 14.6. The second-order valence-corrected chi connectivity index (χ2v) is 11.4. The van der Waals surface area contributed by atoms with Gasteiger partial charge in [-0.15, -0.1) is 0 Å². The normalized spacial score (nSPS) is 18.6. The molecule has 2 aromatic carbocycles. The van der Waals surface area contributed by atoms with Crippen LogP contribution in [0.25, 0.3) is 37.8 Å². The Balaban J connectivity index is 1.46. The number of carbonyl (C=O) groups is 1. The highest BCUT2D eigenvalue weighted by Gasteiger charge is 2.36. The monoisotopic (exact) mass is 635 g/mol. The third-order valence-electron chi connectivity index (χ3n) is 8.49. The summed E-state index contributed by atoms with van der Waals surface area (Å²) in [6.07, 6.45) is 2.39. The van der Waals surface area contributed by atoms with Crippen molar-refractivity contribution >= 4 is 45.0 Å². The second kappa shape index (κ2) is 12.5. The number of hydrogen-bond donors (Lipinski definition) is 0. The summed E-state index contributed by atoms with van der Waals surface area (Å²) in [5.74, 6) is -3.09. The Labute approximate surface area is 262 Å². The lowest BCUT2D eigenvalue weighted by Gasteiger charge is -2.40. The van der Waals surface area contributed by atoms with Crippen LogP contribution in [0.4, 0.5) is 19.0 Å². The minimum atomic E-state index is -1.11. The van der Waals surface area contributed by atoms with Gasteiger partial charge in [0.05, 0.1) is 10.4 Å². The second-order valence-electron chi connectivity index (χ2n) is 11.0. The van der Waals surface area contributed by atoms with Gasteiger partial charge in [0.1, 0.15) is 35.5 Å². The summed E-state index contributed by atoms with van der Waals surface area (Å²) in [7, 11) is 0. The molecule has 4 aromatic rings. The molecule has 2 fully saturated rings. The van der Waals surface area contributed by atoms with Crippen LogP contribution in [-0.4, -0.2) is 88.6 Å². The van der Waals surface area contributed by atoms with Gasteiger partial charge < -0.3 is 19.4 Å². The number of fused-ring (bicyclic) bond motifs is 2. The Hall–Kier alpha value is -4.47. The molecule has 0 N–H and O–H groups in total. The molecular weight excluding hydrogens is 607 g/mol. The fourth-order valence-corrected chi connectivity index (χ4v) is 6.30. The van der Waals surface area contributed by atoms with Crippen LogP contribution >= 0.6 is 11.6 Å². The largest absolute Gasteiger partial charge is 0.462 e. The van der Waals surface area contributed by atoms with Gasteiger partial charge in [-0.3, -0.25) is 14.7 Å². The number of hydrogen-bond acceptors (Lipinski definition) is 7. The molecule has 232 valence electrons. The summed E-state index contributed by atoms with van der Waals surface area (Å²) >= 11 is 6.35. The van der Waals surface area contributed by atoms with Crippen LogP contribution in [0.3, 0.4) is 0 Å². The average molecular weight is 636 g/mol. The van der Waals surface area contributed by atoms with E-state index in [2.05, 4.69) is 38.2 Å². The standard InChI is InChI=1S/C32H29ClF3N7O2/c1-4-41-11-10-20(41)17-45-32-39-29-23(30(40-32)42-12-13-43(31(44)18(2)34)21(16-42)14-37-3)15-38-28(27(29)36)22-7-5-6-19-8-9-24(35)26(33)25(19)22/h5-9,15,20-21H,2,4,10-14,16-17H2,1H3/t20-,21-/m0/s1. The van der Waals surface area contributed by atoms with Crippen molar-refractivity contribution in [1.82, 2.24) is 24.8 Å². The van der Waals surface area contributed by atoms with E-state index < -0.39 is 29.4 Å². The topological polar surface area (TPSA) is 79.1 Å². The van der Waals surface area contributed by atoms with E-state index in [9.17, 15) is 13.6 Å². The maximum atomic E-state index is 16.6. The number of benzene rings is 2. The lowest BCUT2D eigenvalue weighted by atomic mass is 10.0. The Bertz CT molecular complexity index is 1860. The van der Waals surface area contributed by atoms with Crippen LogP contribution in [0.5, 0.6) is 6.01 Å². The number of likely N-dealkylation sites (N-methyl/N-ethyl adjacent to an activating group) is 1. The fourth-order valence-electron chi connectivity index (χ4n) is 6.02. The molecule has 2 aliphatic heterocycles. The minimum Gasteiger partial charge on any atom is -0.462 e.